The summed E-state index contributed by atoms with van der Waals surface area (Å²) in [7, 11) is 1.49. The third kappa shape index (κ3) is 3.92. The Kier molecular flexibility index (Phi) is 5.29. The van der Waals surface area contributed by atoms with Crippen molar-refractivity contribution in [1.29, 1.82) is 0 Å². The van der Waals surface area contributed by atoms with Crippen molar-refractivity contribution in [2.45, 2.75) is 6.92 Å². The molecule has 3 N–H and O–H groups in total. The highest BCUT2D eigenvalue weighted by molar-refractivity contribution is 9.10. The summed E-state index contributed by atoms with van der Waals surface area (Å²) in [5.41, 5.74) is 5.53. The zero-order valence-corrected chi connectivity index (χ0v) is 12.3. The molecule has 0 saturated heterocycles. The lowest BCUT2D eigenvalue weighted by Crippen LogP contribution is -2.38. The van der Waals surface area contributed by atoms with Crippen LogP contribution in [0.5, 0.6) is 0 Å². The number of anilines is 1. The summed E-state index contributed by atoms with van der Waals surface area (Å²) in [4.78, 5) is 24.7. The molecule has 0 bridgehead atoms. The third-order valence-electron chi connectivity index (χ3n) is 2.42. The van der Waals surface area contributed by atoms with E-state index >= 15 is 0 Å². The Morgan fingerprint density at radius 2 is 2.11 bits per heavy atom. The molecule has 0 aromatic heterocycles. The van der Waals surface area contributed by atoms with Crippen LogP contribution >= 0.6 is 15.9 Å². The van der Waals surface area contributed by atoms with Gasteiger partial charge in [-0.05, 0) is 35.0 Å². The lowest BCUT2D eigenvalue weighted by atomic mass is 10.1. The summed E-state index contributed by atoms with van der Waals surface area (Å²) < 4.78 is 13.5. The summed E-state index contributed by atoms with van der Waals surface area (Å²) in [6.45, 7) is 2.21. The van der Waals surface area contributed by atoms with Crippen molar-refractivity contribution in [3.63, 3.8) is 0 Å². The van der Waals surface area contributed by atoms with Gasteiger partial charge in [-0.2, -0.15) is 0 Å². The lowest BCUT2D eigenvalue weighted by molar-refractivity contribution is -0.121. The summed E-state index contributed by atoms with van der Waals surface area (Å²) >= 11 is 3.10. The van der Waals surface area contributed by atoms with Gasteiger partial charge in [-0.3, -0.25) is 9.59 Å². The normalized spacial score (nSPS) is 10.1. The number of carbonyl (C=O) groups excluding carboxylic acids is 2. The van der Waals surface area contributed by atoms with Crippen LogP contribution in [0, 0.1) is 5.82 Å². The molecule has 0 aliphatic carbocycles. The lowest BCUT2D eigenvalue weighted by Gasteiger charge is -2.17. The van der Waals surface area contributed by atoms with Gasteiger partial charge in [0, 0.05) is 18.1 Å². The van der Waals surface area contributed by atoms with Gasteiger partial charge in [-0.25, -0.2) is 4.39 Å². The van der Waals surface area contributed by atoms with Gasteiger partial charge in [0.2, 0.25) is 5.91 Å². The minimum atomic E-state index is -0.602. The van der Waals surface area contributed by atoms with Crippen molar-refractivity contribution < 1.29 is 14.0 Å². The molecular weight excluding hydrogens is 317 g/mol. The van der Waals surface area contributed by atoms with Crippen LogP contribution in [0.4, 0.5) is 10.1 Å². The molecule has 19 heavy (non-hydrogen) atoms. The van der Waals surface area contributed by atoms with Crippen LogP contribution in [-0.4, -0.2) is 36.9 Å². The van der Waals surface area contributed by atoms with Gasteiger partial charge in [0.15, 0.2) is 0 Å². The van der Waals surface area contributed by atoms with Crippen LogP contribution in [0.25, 0.3) is 0 Å². The van der Waals surface area contributed by atoms with E-state index in [9.17, 15) is 14.0 Å². The fourth-order valence-corrected chi connectivity index (χ4v) is 1.96. The molecule has 0 heterocycles. The maximum absolute atomic E-state index is 13.2. The molecule has 0 aliphatic heterocycles. The Morgan fingerprint density at radius 3 is 2.68 bits per heavy atom. The number of likely N-dealkylation sites (N-methyl/N-ethyl adjacent to an activating group) is 2. The minimum Gasteiger partial charge on any atom is -0.396 e. The van der Waals surface area contributed by atoms with Gasteiger partial charge in [0.25, 0.3) is 5.91 Å². The summed E-state index contributed by atoms with van der Waals surface area (Å²) in [5.74, 6) is -1.27. The number of rotatable bonds is 4. The smallest absolute Gasteiger partial charge is 0.255 e. The van der Waals surface area contributed by atoms with Crippen LogP contribution in [0.3, 0.4) is 0 Å². The van der Waals surface area contributed by atoms with Gasteiger partial charge in [0.1, 0.15) is 5.82 Å². The second-order valence-electron chi connectivity index (χ2n) is 3.97. The highest BCUT2D eigenvalue weighted by Crippen LogP contribution is 2.23. The molecule has 2 amide bonds. The van der Waals surface area contributed by atoms with Crippen LogP contribution in [0.15, 0.2) is 16.6 Å². The molecule has 0 atom stereocenters. The van der Waals surface area contributed by atoms with E-state index in [2.05, 4.69) is 21.2 Å². The number of halogens is 2. The number of nitrogens with one attached hydrogen (secondary N) is 1. The summed E-state index contributed by atoms with van der Waals surface area (Å²) in [5, 5.41) is 2.59. The molecule has 0 saturated carbocycles. The molecule has 5 nitrogen and oxygen atoms in total. The Morgan fingerprint density at radius 1 is 1.47 bits per heavy atom. The number of hydrogen-bond donors (Lipinski definition) is 2. The Bertz CT molecular complexity index is 508. The van der Waals surface area contributed by atoms with Crippen molar-refractivity contribution in [2.24, 2.45) is 0 Å². The maximum atomic E-state index is 13.2. The standard InChI is InChI=1S/C12H15BrFN3O2/c1-3-16-11(18)6-17(2)12(19)7-4-10(15)9(14)5-8(7)13/h4-5H,3,6,15H2,1-2H3,(H,16,18). The van der Waals surface area contributed by atoms with E-state index in [1.807, 2.05) is 0 Å². The first kappa shape index (κ1) is 15.4. The van der Waals surface area contributed by atoms with Crippen molar-refractivity contribution in [3.05, 3.63) is 28.0 Å². The van der Waals surface area contributed by atoms with Crippen LogP contribution in [-0.2, 0) is 4.79 Å². The fourth-order valence-electron chi connectivity index (χ4n) is 1.48. The minimum absolute atomic E-state index is 0.0730. The van der Waals surface area contributed by atoms with Crippen molar-refractivity contribution in [1.82, 2.24) is 10.2 Å². The molecule has 0 aliphatic rings. The van der Waals surface area contributed by atoms with Gasteiger partial charge in [-0.15, -0.1) is 0 Å². The quantitative estimate of drug-likeness (QED) is 0.818. The Balaban J connectivity index is 2.88. The van der Waals surface area contributed by atoms with Crippen molar-refractivity contribution in [2.75, 3.05) is 25.9 Å². The van der Waals surface area contributed by atoms with Crippen molar-refractivity contribution >= 4 is 33.4 Å². The van der Waals surface area contributed by atoms with E-state index in [4.69, 9.17) is 5.73 Å². The van der Waals surface area contributed by atoms with E-state index < -0.39 is 11.7 Å². The molecule has 0 unspecified atom stereocenters. The van der Waals surface area contributed by atoms with Crippen molar-refractivity contribution in [3.8, 4) is 0 Å². The van der Waals surface area contributed by atoms with E-state index in [1.54, 1.807) is 6.92 Å². The van der Waals surface area contributed by atoms with Gasteiger partial charge in [0.05, 0.1) is 17.8 Å². The summed E-state index contributed by atoms with van der Waals surface area (Å²) in [6, 6.07) is 2.37. The largest absolute Gasteiger partial charge is 0.396 e. The number of benzene rings is 1. The van der Waals surface area contributed by atoms with Gasteiger partial charge >= 0.3 is 0 Å². The molecule has 104 valence electrons. The van der Waals surface area contributed by atoms with Gasteiger partial charge < -0.3 is 16.0 Å². The molecule has 1 rings (SSSR count). The molecular formula is C12H15BrFN3O2. The predicted molar refractivity (Wildman–Crippen MR) is 74.2 cm³/mol. The predicted octanol–water partition coefficient (Wildman–Crippen LogP) is 1.38. The Labute approximate surface area is 119 Å². The van der Waals surface area contributed by atoms with E-state index in [-0.39, 0.29) is 23.7 Å². The molecule has 7 heteroatoms. The highest BCUT2D eigenvalue weighted by atomic mass is 79.9. The fraction of sp³-hybridized carbons (Fsp3) is 0.333. The number of amides is 2. The number of nitrogens with zero attached hydrogens (tertiary/aromatic N) is 1. The SMILES string of the molecule is CCNC(=O)CN(C)C(=O)c1cc(N)c(F)cc1Br. The zero-order valence-electron chi connectivity index (χ0n) is 10.7. The third-order valence-corrected chi connectivity index (χ3v) is 3.07. The molecule has 1 aromatic carbocycles. The second kappa shape index (κ2) is 6.51. The van der Waals surface area contributed by atoms with Crippen LogP contribution in [0.2, 0.25) is 0 Å². The van der Waals surface area contributed by atoms with E-state index in [1.165, 1.54) is 18.0 Å². The number of nitrogen functional groups attached to an aromatic ring is 1. The molecule has 1 aromatic rings. The van der Waals surface area contributed by atoms with Crippen LogP contribution < -0.4 is 11.1 Å². The maximum Gasteiger partial charge on any atom is 0.255 e. The first-order valence-corrected chi connectivity index (χ1v) is 6.42. The molecule has 0 spiro atoms. The number of nitrogens with two attached hydrogens (primary N) is 1. The summed E-state index contributed by atoms with van der Waals surface area (Å²) in [6.07, 6.45) is 0. The average molecular weight is 332 g/mol. The topological polar surface area (TPSA) is 75.4 Å². The average Bonchev–Trinajstić information content (AvgIpc) is 2.33. The first-order chi connectivity index (χ1) is 8.86. The number of hydrogen-bond acceptors (Lipinski definition) is 3. The molecule has 0 radical (unpaired) electrons. The van der Waals surface area contributed by atoms with Gasteiger partial charge in [-0.1, -0.05) is 0 Å². The van der Waals surface area contributed by atoms with E-state index in [0.717, 1.165) is 6.07 Å². The highest BCUT2D eigenvalue weighted by Gasteiger charge is 2.18. The first-order valence-electron chi connectivity index (χ1n) is 5.63. The number of carbonyl (C=O) groups is 2. The van der Waals surface area contributed by atoms with E-state index in [0.29, 0.717) is 11.0 Å². The molecule has 0 fully saturated rings. The zero-order chi connectivity index (χ0) is 14.6. The van der Waals surface area contributed by atoms with Crippen LogP contribution in [0.1, 0.15) is 17.3 Å². The monoisotopic (exact) mass is 331 g/mol. The second-order valence-corrected chi connectivity index (χ2v) is 4.82. The Hall–Kier alpha value is -1.63.